The largest absolute Gasteiger partial charge is 0.369 e. The lowest BCUT2D eigenvalue weighted by molar-refractivity contribution is 0.672. The van der Waals surface area contributed by atoms with Gasteiger partial charge in [-0.25, -0.2) is 9.97 Å². The molecule has 1 N–H and O–H groups in total. The number of benzene rings is 1. The fraction of sp³-hybridized carbons (Fsp3) is 0.429. The third-order valence-electron chi connectivity index (χ3n) is 3.15. The summed E-state index contributed by atoms with van der Waals surface area (Å²) in [4.78, 5) is 9.09. The number of aryl methyl sites for hydroxylation is 1. The fourth-order valence-electron chi connectivity index (χ4n) is 1.82. The van der Waals surface area contributed by atoms with Crippen LogP contribution >= 0.6 is 0 Å². The van der Waals surface area contributed by atoms with Crippen molar-refractivity contribution in [3.8, 4) is 0 Å². The van der Waals surface area contributed by atoms with E-state index in [2.05, 4.69) is 15.3 Å². The molecule has 5 heteroatoms. The highest BCUT2D eigenvalue weighted by molar-refractivity contribution is 7.84. The minimum atomic E-state index is -0.772. The molecule has 0 amide bonds. The standard InChI is InChI=1S/C14H19N3OS/c1-10(19(3)18)8-9-15-14-11(2)16-12-6-4-5-7-13(12)17-14/h4-7,10H,8-9H2,1-3H3,(H,15,17). The molecule has 0 aliphatic rings. The highest BCUT2D eigenvalue weighted by Crippen LogP contribution is 2.16. The molecule has 0 radical (unpaired) electrons. The van der Waals surface area contributed by atoms with Crippen molar-refractivity contribution in [2.24, 2.45) is 0 Å². The summed E-state index contributed by atoms with van der Waals surface area (Å²) in [5, 5.41) is 3.48. The van der Waals surface area contributed by atoms with Crippen LogP contribution in [-0.4, -0.2) is 32.2 Å². The molecule has 19 heavy (non-hydrogen) atoms. The maximum Gasteiger partial charge on any atom is 0.148 e. The van der Waals surface area contributed by atoms with Crippen LogP contribution in [0.25, 0.3) is 11.0 Å². The van der Waals surface area contributed by atoms with E-state index < -0.39 is 10.8 Å². The Morgan fingerprint density at radius 1 is 1.26 bits per heavy atom. The van der Waals surface area contributed by atoms with Gasteiger partial charge in [-0.1, -0.05) is 19.1 Å². The Labute approximate surface area is 116 Å². The molecule has 0 aliphatic heterocycles. The van der Waals surface area contributed by atoms with E-state index in [1.165, 1.54) is 0 Å². The van der Waals surface area contributed by atoms with Crippen molar-refractivity contribution in [3.63, 3.8) is 0 Å². The van der Waals surface area contributed by atoms with Crippen LogP contribution < -0.4 is 5.32 Å². The summed E-state index contributed by atoms with van der Waals surface area (Å²) in [5.74, 6) is 0.813. The Morgan fingerprint density at radius 2 is 1.89 bits per heavy atom. The minimum Gasteiger partial charge on any atom is -0.369 e. The van der Waals surface area contributed by atoms with Gasteiger partial charge in [0.05, 0.1) is 16.7 Å². The Bertz CT molecular complexity index is 600. The first-order valence-electron chi connectivity index (χ1n) is 6.37. The van der Waals surface area contributed by atoms with Crippen molar-refractivity contribution in [2.75, 3.05) is 18.1 Å². The monoisotopic (exact) mass is 277 g/mol. The molecule has 0 spiro atoms. The SMILES string of the molecule is Cc1nc2ccccc2nc1NCCC(C)S(C)=O. The third-order valence-corrected chi connectivity index (χ3v) is 4.52. The van der Waals surface area contributed by atoms with Gasteiger partial charge in [0.1, 0.15) is 5.82 Å². The lowest BCUT2D eigenvalue weighted by Gasteiger charge is -2.11. The molecule has 2 unspecified atom stereocenters. The van der Waals surface area contributed by atoms with Crippen molar-refractivity contribution in [2.45, 2.75) is 25.5 Å². The molecule has 4 nitrogen and oxygen atoms in total. The predicted octanol–water partition coefficient (Wildman–Crippen LogP) is 2.51. The van der Waals surface area contributed by atoms with Gasteiger partial charge in [0.2, 0.25) is 0 Å². The molecule has 2 atom stereocenters. The van der Waals surface area contributed by atoms with Crippen LogP contribution in [0, 0.1) is 6.92 Å². The number of nitrogens with one attached hydrogen (secondary N) is 1. The van der Waals surface area contributed by atoms with E-state index in [1.54, 1.807) is 6.26 Å². The van der Waals surface area contributed by atoms with Crippen LogP contribution in [0.15, 0.2) is 24.3 Å². The number of nitrogens with zero attached hydrogens (tertiary/aromatic N) is 2. The number of rotatable bonds is 5. The lowest BCUT2D eigenvalue weighted by atomic mass is 10.3. The summed E-state index contributed by atoms with van der Waals surface area (Å²) < 4.78 is 11.3. The second-order valence-electron chi connectivity index (χ2n) is 4.67. The maximum atomic E-state index is 11.3. The number of hydrogen-bond acceptors (Lipinski definition) is 4. The van der Waals surface area contributed by atoms with Gasteiger partial charge in [-0.3, -0.25) is 4.21 Å². The topological polar surface area (TPSA) is 54.9 Å². The molecule has 2 rings (SSSR count). The normalized spacial score (nSPS) is 14.3. The number of hydrogen-bond donors (Lipinski definition) is 1. The molecular weight excluding hydrogens is 258 g/mol. The lowest BCUT2D eigenvalue weighted by Crippen LogP contribution is -2.16. The van der Waals surface area contributed by atoms with Gasteiger partial charge in [-0.2, -0.15) is 0 Å². The van der Waals surface area contributed by atoms with Gasteiger partial charge in [-0.15, -0.1) is 0 Å². The van der Waals surface area contributed by atoms with Crippen molar-refractivity contribution >= 4 is 27.7 Å². The second kappa shape index (κ2) is 6.10. The van der Waals surface area contributed by atoms with Gasteiger partial charge >= 0.3 is 0 Å². The van der Waals surface area contributed by atoms with Crippen molar-refractivity contribution in [3.05, 3.63) is 30.0 Å². The molecule has 1 aromatic heterocycles. The first-order valence-corrected chi connectivity index (χ1v) is 7.99. The Hall–Kier alpha value is -1.49. The van der Waals surface area contributed by atoms with Gasteiger partial charge in [0, 0.05) is 28.9 Å². The summed E-state index contributed by atoms with van der Waals surface area (Å²) in [7, 11) is -0.772. The van der Waals surface area contributed by atoms with Gasteiger partial charge in [0.25, 0.3) is 0 Å². The average Bonchev–Trinajstić information content (AvgIpc) is 2.39. The molecule has 1 aromatic carbocycles. The zero-order chi connectivity index (χ0) is 13.8. The highest BCUT2D eigenvalue weighted by atomic mass is 32.2. The Kier molecular flexibility index (Phi) is 4.47. The number of anilines is 1. The third kappa shape index (κ3) is 3.50. The smallest absolute Gasteiger partial charge is 0.148 e. The first kappa shape index (κ1) is 13.9. The first-order chi connectivity index (χ1) is 9.08. The van der Waals surface area contributed by atoms with E-state index in [0.717, 1.165) is 35.5 Å². The van der Waals surface area contributed by atoms with E-state index in [-0.39, 0.29) is 5.25 Å². The van der Waals surface area contributed by atoms with E-state index in [4.69, 9.17) is 0 Å². The summed E-state index contributed by atoms with van der Waals surface area (Å²) in [6.07, 6.45) is 2.60. The fourth-order valence-corrected chi connectivity index (χ4v) is 2.27. The molecular formula is C14H19N3OS. The average molecular weight is 277 g/mol. The van der Waals surface area contributed by atoms with Crippen LogP contribution in [0.5, 0.6) is 0 Å². The van der Waals surface area contributed by atoms with Crippen LogP contribution in [0.3, 0.4) is 0 Å². The van der Waals surface area contributed by atoms with E-state index >= 15 is 0 Å². The molecule has 0 saturated heterocycles. The number of fused-ring (bicyclic) bond motifs is 1. The van der Waals surface area contributed by atoms with Crippen LogP contribution in [0.1, 0.15) is 19.0 Å². The predicted molar refractivity (Wildman–Crippen MR) is 80.9 cm³/mol. The van der Waals surface area contributed by atoms with E-state index in [9.17, 15) is 4.21 Å². The van der Waals surface area contributed by atoms with Crippen LogP contribution in [0.4, 0.5) is 5.82 Å². The molecule has 0 bridgehead atoms. The summed E-state index contributed by atoms with van der Waals surface area (Å²) in [6, 6.07) is 7.83. The summed E-state index contributed by atoms with van der Waals surface area (Å²) in [6.45, 7) is 4.70. The quantitative estimate of drug-likeness (QED) is 0.912. The zero-order valence-electron chi connectivity index (χ0n) is 11.5. The van der Waals surface area contributed by atoms with Crippen LogP contribution in [0.2, 0.25) is 0 Å². The number of aromatic nitrogens is 2. The molecule has 102 valence electrons. The van der Waals surface area contributed by atoms with Gasteiger partial charge < -0.3 is 5.32 Å². The molecule has 2 aromatic rings. The highest BCUT2D eigenvalue weighted by Gasteiger charge is 2.07. The molecule has 0 aliphatic carbocycles. The molecule has 0 saturated carbocycles. The van der Waals surface area contributed by atoms with Crippen molar-refractivity contribution in [1.82, 2.24) is 9.97 Å². The van der Waals surface area contributed by atoms with Crippen molar-refractivity contribution < 1.29 is 4.21 Å². The number of para-hydroxylation sites is 2. The van der Waals surface area contributed by atoms with Gasteiger partial charge in [-0.05, 0) is 25.5 Å². The van der Waals surface area contributed by atoms with Crippen LogP contribution in [-0.2, 0) is 10.8 Å². The van der Waals surface area contributed by atoms with Crippen molar-refractivity contribution in [1.29, 1.82) is 0 Å². The summed E-state index contributed by atoms with van der Waals surface area (Å²) in [5.41, 5.74) is 2.69. The summed E-state index contributed by atoms with van der Waals surface area (Å²) >= 11 is 0. The minimum absolute atomic E-state index is 0.196. The molecule has 1 heterocycles. The van der Waals surface area contributed by atoms with E-state index in [0.29, 0.717) is 0 Å². The maximum absolute atomic E-state index is 11.3. The zero-order valence-corrected chi connectivity index (χ0v) is 12.3. The molecule has 0 fully saturated rings. The Balaban J connectivity index is 2.08. The van der Waals surface area contributed by atoms with E-state index in [1.807, 2.05) is 38.1 Å². The van der Waals surface area contributed by atoms with Gasteiger partial charge in [0.15, 0.2) is 0 Å². The Morgan fingerprint density at radius 3 is 2.53 bits per heavy atom. The second-order valence-corrected chi connectivity index (χ2v) is 6.47.